The van der Waals surface area contributed by atoms with Crippen molar-refractivity contribution in [2.24, 2.45) is 5.73 Å². The Labute approximate surface area is 101 Å². The Hall–Kier alpha value is -1.47. The molecule has 5 nitrogen and oxygen atoms in total. The third-order valence-electron chi connectivity index (χ3n) is 1.84. The molecule has 0 aromatic carbocycles. The van der Waals surface area contributed by atoms with Crippen LogP contribution in [-0.4, -0.2) is 20.2 Å². The average molecular weight is 251 g/mol. The monoisotopic (exact) mass is 251 g/mol. The van der Waals surface area contributed by atoms with E-state index in [9.17, 15) is 0 Å². The molecule has 0 unspecified atom stereocenters. The van der Waals surface area contributed by atoms with Gasteiger partial charge in [0.05, 0.1) is 0 Å². The first-order valence-corrected chi connectivity index (χ1v) is 6.21. The van der Waals surface area contributed by atoms with Crippen molar-refractivity contribution in [1.82, 2.24) is 14.3 Å². The van der Waals surface area contributed by atoms with Gasteiger partial charge in [-0.3, -0.25) is 10.4 Å². The van der Waals surface area contributed by atoms with Crippen LogP contribution in [0.4, 0.5) is 0 Å². The number of thioether (sulfide) groups is 1. The lowest BCUT2D eigenvalue weighted by molar-refractivity contribution is 1.18. The molecule has 0 saturated heterocycles. The molecule has 0 aliphatic rings. The molecule has 0 radical (unpaired) electrons. The summed E-state index contributed by atoms with van der Waals surface area (Å²) in [7, 11) is 0. The molecule has 82 valence electrons. The van der Waals surface area contributed by atoms with Crippen molar-refractivity contribution in [1.29, 1.82) is 5.41 Å². The van der Waals surface area contributed by atoms with Crippen molar-refractivity contribution >= 4 is 29.1 Å². The molecule has 2 heterocycles. The van der Waals surface area contributed by atoms with Crippen molar-refractivity contribution in [2.75, 3.05) is 0 Å². The molecule has 7 heteroatoms. The first-order valence-electron chi connectivity index (χ1n) is 4.45. The lowest BCUT2D eigenvalue weighted by Gasteiger charge is -2.04. The molecular weight excluding hydrogens is 242 g/mol. The van der Waals surface area contributed by atoms with Crippen molar-refractivity contribution in [2.45, 2.75) is 10.1 Å². The van der Waals surface area contributed by atoms with Gasteiger partial charge in [-0.15, -0.1) is 0 Å². The van der Waals surface area contributed by atoms with Crippen LogP contribution in [-0.2, 0) is 5.75 Å². The molecule has 2 aromatic rings. The van der Waals surface area contributed by atoms with Crippen LogP contribution in [0.25, 0.3) is 0 Å². The summed E-state index contributed by atoms with van der Waals surface area (Å²) in [6, 6.07) is 3.75. The molecule has 0 amide bonds. The summed E-state index contributed by atoms with van der Waals surface area (Å²) in [5, 5.41) is 7.41. The summed E-state index contributed by atoms with van der Waals surface area (Å²) in [5.41, 5.74) is 6.93. The molecule has 2 aromatic heterocycles. The summed E-state index contributed by atoms with van der Waals surface area (Å²) in [6.45, 7) is 0. The standard InChI is InChI=1S/C9H9N5S2/c10-8(11)7-6(2-1-3-12-7)4-15-9-13-5-14-16-9/h1-3,5H,4H2,(H3,10,11). The minimum Gasteiger partial charge on any atom is -0.382 e. The van der Waals surface area contributed by atoms with Gasteiger partial charge in [-0.25, -0.2) is 4.98 Å². The maximum absolute atomic E-state index is 7.41. The second-order valence-electron chi connectivity index (χ2n) is 2.92. The number of hydrogen-bond donors (Lipinski definition) is 2. The Morgan fingerprint density at radius 2 is 2.38 bits per heavy atom. The lowest BCUT2D eigenvalue weighted by Crippen LogP contribution is -2.15. The minimum atomic E-state index is -0.00605. The van der Waals surface area contributed by atoms with Crippen LogP contribution >= 0.6 is 23.3 Å². The summed E-state index contributed by atoms with van der Waals surface area (Å²) >= 11 is 2.92. The SMILES string of the molecule is N=C(N)c1ncccc1CSc1ncns1. The molecule has 0 saturated carbocycles. The van der Waals surface area contributed by atoms with Crippen LogP contribution in [0.1, 0.15) is 11.3 Å². The van der Waals surface area contributed by atoms with Crippen LogP contribution < -0.4 is 5.73 Å². The number of nitrogens with zero attached hydrogens (tertiary/aromatic N) is 3. The summed E-state index contributed by atoms with van der Waals surface area (Å²) in [6.07, 6.45) is 3.16. The van der Waals surface area contributed by atoms with E-state index in [4.69, 9.17) is 11.1 Å². The zero-order valence-corrected chi connectivity index (χ0v) is 9.88. The van der Waals surface area contributed by atoms with E-state index >= 15 is 0 Å². The zero-order chi connectivity index (χ0) is 11.4. The minimum absolute atomic E-state index is 0.00605. The van der Waals surface area contributed by atoms with Gasteiger partial charge in [-0.1, -0.05) is 17.8 Å². The number of nitrogen functional groups attached to an aromatic ring is 1. The number of amidine groups is 1. The molecule has 0 bridgehead atoms. The maximum Gasteiger partial charge on any atom is 0.170 e. The van der Waals surface area contributed by atoms with E-state index in [1.54, 1.807) is 18.0 Å². The third-order valence-corrected chi connectivity index (χ3v) is 3.68. The largest absolute Gasteiger partial charge is 0.382 e. The highest BCUT2D eigenvalue weighted by Gasteiger charge is 2.07. The molecule has 0 atom stereocenters. The first-order chi connectivity index (χ1) is 7.77. The number of nitrogens with two attached hydrogens (primary N) is 1. The van der Waals surface area contributed by atoms with E-state index in [0.717, 1.165) is 9.90 Å². The highest BCUT2D eigenvalue weighted by atomic mass is 32.2. The van der Waals surface area contributed by atoms with E-state index in [-0.39, 0.29) is 5.84 Å². The van der Waals surface area contributed by atoms with E-state index in [0.29, 0.717) is 11.4 Å². The second-order valence-corrected chi connectivity index (χ2v) is 4.92. The molecule has 0 aliphatic carbocycles. The molecular formula is C9H9N5S2. The average Bonchev–Trinajstić information content (AvgIpc) is 2.79. The topological polar surface area (TPSA) is 88.5 Å². The summed E-state index contributed by atoms with van der Waals surface area (Å²) in [5.74, 6) is 0.686. The van der Waals surface area contributed by atoms with E-state index in [1.807, 2.05) is 12.1 Å². The first kappa shape index (κ1) is 11.0. The van der Waals surface area contributed by atoms with Gasteiger partial charge in [0.1, 0.15) is 17.9 Å². The Balaban J connectivity index is 2.12. The van der Waals surface area contributed by atoms with Gasteiger partial charge in [-0.2, -0.15) is 4.37 Å². The molecule has 16 heavy (non-hydrogen) atoms. The van der Waals surface area contributed by atoms with Gasteiger partial charge in [0.15, 0.2) is 4.34 Å². The van der Waals surface area contributed by atoms with Gasteiger partial charge in [-0.05, 0) is 23.2 Å². The van der Waals surface area contributed by atoms with Crippen LogP contribution in [0.15, 0.2) is 29.0 Å². The molecule has 0 fully saturated rings. The molecule has 3 N–H and O–H groups in total. The Morgan fingerprint density at radius 3 is 3.06 bits per heavy atom. The zero-order valence-electron chi connectivity index (χ0n) is 8.25. The predicted octanol–water partition coefficient (Wildman–Crippen LogP) is 1.51. The van der Waals surface area contributed by atoms with Gasteiger partial charge in [0.25, 0.3) is 0 Å². The lowest BCUT2D eigenvalue weighted by atomic mass is 10.2. The van der Waals surface area contributed by atoms with Crippen LogP contribution in [0, 0.1) is 5.41 Å². The normalized spacial score (nSPS) is 10.2. The van der Waals surface area contributed by atoms with Crippen molar-refractivity contribution in [3.05, 3.63) is 35.9 Å². The van der Waals surface area contributed by atoms with E-state index in [1.165, 1.54) is 17.9 Å². The van der Waals surface area contributed by atoms with Crippen LogP contribution in [0.3, 0.4) is 0 Å². The van der Waals surface area contributed by atoms with Gasteiger partial charge < -0.3 is 5.73 Å². The van der Waals surface area contributed by atoms with Gasteiger partial charge in [0.2, 0.25) is 0 Å². The molecule has 0 aliphatic heterocycles. The smallest absolute Gasteiger partial charge is 0.170 e. The second kappa shape index (κ2) is 5.04. The molecule has 2 rings (SSSR count). The number of nitrogens with one attached hydrogen (secondary N) is 1. The maximum atomic E-state index is 7.41. The summed E-state index contributed by atoms with van der Waals surface area (Å²) in [4.78, 5) is 8.15. The fraction of sp³-hybridized carbons (Fsp3) is 0.111. The molecule has 0 spiro atoms. The number of hydrogen-bond acceptors (Lipinski definition) is 6. The van der Waals surface area contributed by atoms with Crippen LogP contribution in [0.5, 0.6) is 0 Å². The van der Waals surface area contributed by atoms with Crippen LogP contribution in [0.2, 0.25) is 0 Å². The fourth-order valence-electron chi connectivity index (χ4n) is 1.16. The Morgan fingerprint density at radius 1 is 1.50 bits per heavy atom. The highest BCUT2D eigenvalue weighted by Crippen LogP contribution is 2.23. The van der Waals surface area contributed by atoms with Crippen molar-refractivity contribution in [3.63, 3.8) is 0 Å². The van der Waals surface area contributed by atoms with Crippen molar-refractivity contribution in [3.8, 4) is 0 Å². The third kappa shape index (κ3) is 2.56. The number of pyridine rings is 1. The van der Waals surface area contributed by atoms with Crippen molar-refractivity contribution < 1.29 is 0 Å². The Bertz CT molecular complexity index is 482. The summed E-state index contributed by atoms with van der Waals surface area (Å²) < 4.78 is 4.82. The fourth-order valence-corrected chi connectivity index (χ4v) is 2.59. The van der Waals surface area contributed by atoms with E-state index in [2.05, 4.69) is 14.3 Å². The number of aromatic nitrogens is 3. The van der Waals surface area contributed by atoms with Gasteiger partial charge in [0, 0.05) is 11.9 Å². The predicted molar refractivity (Wildman–Crippen MR) is 64.7 cm³/mol. The van der Waals surface area contributed by atoms with E-state index < -0.39 is 0 Å². The Kier molecular flexibility index (Phi) is 3.47. The van der Waals surface area contributed by atoms with Gasteiger partial charge >= 0.3 is 0 Å². The quantitative estimate of drug-likeness (QED) is 0.488. The highest BCUT2D eigenvalue weighted by molar-refractivity contribution is 8.00. The number of rotatable bonds is 4.